The van der Waals surface area contributed by atoms with Crippen molar-refractivity contribution < 1.29 is 42.9 Å². The Balaban J connectivity index is 4.05. The zero-order valence-corrected chi connectivity index (χ0v) is 60.0. The summed E-state index contributed by atoms with van der Waals surface area (Å²) in [7, 11) is 5.99. The molecule has 0 aliphatic carbocycles. The second-order valence-electron chi connectivity index (χ2n) is 26.6. The smallest absolute Gasteiger partial charge is 0.361 e. The summed E-state index contributed by atoms with van der Waals surface area (Å²) < 4.78 is 23.0. The largest absolute Gasteiger partial charge is 0.477 e. The molecule has 9 nitrogen and oxygen atoms in total. The van der Waals surface area contributed by atoms with Gasteiger partial charge >= 0.3 is 17.9 Å². The highest BCUT2D eigenvalue weighted by atomic mass is 16.7. The van der Waals surface area contributed by atoms with E-state index in [9.17, 15) is 19.5 Å². The van der Waals surface area contributed by atoms with Crippen molar-refractivity contribution in [1.82, 2.24) is 0 Å². The Morgan fingerprint density at radius 2 is 0.626 bits per heavy atom. The minimum absolute atomic E-state index is 0.183. The Morgan fingerprint density at radius 1 is 0.341 bits per heavy atom. The first-order valence-electron chi connectivity index (χ1n) is 38.1. The quantitative estimate of drug-likeness (QED) is 0.0211. The van der Waals surface area contributed by atoms with E-state index < -0.39 is 24.3 Å². The van der Waals surface area contributed by atoms with Crippen LogP contribution in [0.15, 0.2) is 109 Å². The van der Waals surface area contributed by atoms with Gasteiger partial charge in [0.25, 0.3) is 6.29 Å². The van der Waals surface area contributed by atoms with Gasteiger partial charge in [-0.2, -0.15) is 0 Å². The molecule has 0 aromatic rings. The number of carbonyl (C=O) groups excluding carboxylic acids is 2. The molecule has 0 aliphatic rings. The number of rotatable bonds is 70. The highest BCUT2D eigenvalue weighted by Gasteiger charge is 2.25. The lowest BCUT2D eigenvalue weighted by Gasteiger charge is -2.25. The average Bonchev–Trinajstić information content (AvgIpc) is 3.50. The molecule has 2 unspecified atom stereocenters. The number of carbonyl (C=O) groups is 3. The average molecular weight is 1270 g/mol. The zero-order chi connectivity index (χ0) is 66.1. The molecule has 0 rings (SSSR count). The van der Waals surface area contributed by atoms with E-state index in [0.29, 0.717) is 17.4 Å². The van der Waals surface area contributed by atoms with Gasteiger partial charge in [-0.25, -0.2) is 4.79 Å². The number of carboxylic acids is 1. The van der Waals surface area contributed by atoms with E-state index in [-0.39, 0.29) is 32.2 Å². The number of likely N-dealkylation sites (N-methyl/N-ethyl adjacent to an activating group) is 1. The van der Waals surface area contributed by atoms with Gasteiger partial charge in [-0.15, -0.1) is 0 Å². The number of nitrogens with zero attached hydrogens (tertiary/aromatic N) is 1. The molecule has 0 aliphatic heterocycles. The summed E-state index contributed by atoms with van der Waals surface area (Å²) in [5.74, 6) is -1.99. The summed E-state index contributed by atoms with van der Waals surface area (Å²) in [6.45, 7) is 4.79. The Labute approximate surface area is 562 Å². The van der Waals surface area contributed by atoms with Gasteiger partial charge in [-0.05, 0) is 103 Å². The van der Waals surface area contributed by atoms with Crippen LogP contribution in [0.5, 0.6) is 0 Å². The number of carboxylic acid groups (broad SMARTS) is 1. The van der Waals surface area contributed by atoms with Crippen molar-refractivity contribution in [2.45, 2.75) is 347 Å². The third kappa shape index (κ3) is 73.2. The van der Waals surface area contributed by atoms with E-state index >= 15 is 0 Å². The number of hydrogen-bond acceptors (Lipinski definition) is 7. The molecule has 0 spiro atoms. The molecule has 0 saturated heterocycles. The van der Waals surface area contributed by atoms with E-state index in [2.05, 4.69) is 123 Å². The summed E-state index contributed by atoms with van der Waals surface area (Å²) in [5.41, 5.74) is 0. The lowest BCUT2D eigenvalue weighted by molar-refractivity contribution is -0.870. The lowest BCUT2D eigenvalue weighted by atomic mass is 10.0. The number of aliphatic carboxylic acids is 1. The molecule has 91 heavy (non-hydrogen) atoms. The van der Waals surface area contributed by atoms with E-state index in [1.165, 1.54) is 218 Å². The third-order valence-corrected chi connectivity index (χ3v) is 16.5. The minimum Gasteiger partial charge on any atom is -0.477 e. The number of ether oxygens (including phenoxy) is 4. The second kappa shape index (κ2) is 71.8. The van der Waals surface area contributed by atoms with Gasteiger partial charge in [-0.3, -0.25) is 9.59 Å². The third-order valence-electron chi connectivity index (χ3n) is 16.5. The van der Waals surface area contributed by atoms with Crippen LogP contribution in [0.2, 0.25) is 0 Å². The van der Waals surface area contributed by atoms with Crippen LogP contribution in [0.1, 0.15) is 335 Å². The van der Waals surface area contributed by atoms with Crippen molar-refractivity contribution in [3.8, 4) is 0 Å². The number of hydrogen-bond donors (Lipinski definition) is 1. The summed E-state index contributed by atoms with van der Waals surface area (Å²) in [6.07, 6.45) is 97.9. The van der Waals surface area contributed by atoms with Crippen molar-refractivity contribution in [3.05, 3.63) is 109 Å². The van der Waals surface area contributed by atoms with E-state index in [1.54, 1.807) is 0 Å². The molecule has 0 amide bonds. The first-order chi connectivity index (χ1) is 44.6. The first kappa shape index (κ1) is 87.0. The zero-order valence-electron chi connectivity index (χ0n) is 60.0. The maximum atomic E-state index is 13.0. The Kier molecular flexibility index (Phi) is 68.6. The molecule has 2 atom stereocenters. The molecule has 9 heteroatoms. The summed E-state index contributed by atoms with van der Waals surface area (Å²) in [5, 5.41) is 9.77. The minimum atomic E-state index is -1.51. The van der Waals surface area contributed by atoms with Crippen molar-refractivity contribution in [3.63, 3.8) is 0 Å². The summed E-state index contributed by atoms with van der Waals surface area (Å²) >= 11 is 0. The Hall–Kier alpha value is -4.05. The van der Waals surface area contributed by atoms with Crippen molar-refractivity contribution in [2.75, 3.05) is 47.5 Å². The van der Waals surface area contributed by atoms with Gasteiger partial charge in [0.05, 0.1) is 34.4 Å². The van der Waals surface area contributed by atoms with Crippen molar-refractivity contribution in [2.24, 2.45) is 0 Å². The standard InChI is InChI=1S/C82H143NO8/c1-6-8-10-12-14-16-18-20-22-24-26-28-30-32-34-36-37-38-39-40-41-42-43-45-47-49-51-53-55-57-59-61-63-65-67-69-71-73-80(85)91-78(77-90-82(81(86)87)88-75-74-83(3,4)5)76-89-79(84)72-70-68-66-64-62-60-58-56-54-52-50-48-46-44-35-33-31-29-27-25-23-21-19-17-15-13-11-9-7-2/h8,10,14,16,19-22,25-28,31-34,37-38,78,82H,6-7,9,11-13,15,17-18,23-24,29-30,35-36,39-77H2,1-5H3/p+1/b10-8-,16-14-,21-19-,22-20-,27-25-,28-26-,33-31-,34-32-,38-37-. The molecule has 0 bridgehead atoms. The van der Waals surface area contributed by atoms with Crippen LogP contribution < -0.4 is 0 Å². The molecule has 0 heterocycles. The SMILES string of the molecule is CC/C=C\C/C=C\C/C=C\C/C=C\C/C=C\C/C=C\CCCCCCCCCCCCCCCCCCCCC(=O)OC(COC(=O)CCCCCCCCCCCCCCCC/C=C\C/C=C\C/C=C\CCCCCCC)COC(OCC[N+](C)(C)C)C(=O)O. The van der Waals surface area contributed by atoms with Gasteiger partial charge in [0, 0.05) is 12.8 Å². The van der Waals surface area contributed by atoms with E-state index in [1.807, 2.05) is 21.1 Å². The van der Waals surface area contributed by atoms with Crippen molar-refractivity contribution >= 4 is 17.9 Å². The molecule has 0 aromatic carbocycles. The van der Waals surface area contributed by atoms with Crippen molar-refractivity contribution in [1.29, 1.82) is 0 Å². The predicted octanol–water partition coefficient (Wildman–Crippen LogP) is 24.1. The highest BCUT2D eigenvalue weighted by Crippen LogP contribution is 2.18. The molecular weight excluding hydrogens is 1130 g/mol. The van der Waals surface area contributed by atoms with Crippen LogP contribution in [-0.2, 0) is 33.3 Å². The monoisotopic (exact) mass is 1270 g/mol. The summed E-state index contributed by atoms with van der Waals surface area (Å²) in [4.78, 5) is 37.7. The first-order valence-corrected chi connectivity index (χ1v) is 38.1. The van der Waals surface area contributed by atoms with Crippen LogP contribution >= 0.6 is 0 Å². The number of allylic oxidation sites excluding steroid dienone is 18. The van der Waals surface area contributed by atoms with Crippen LogP contribution in [0.25, 0.3) is 0 Å². The van der Waals surface area contributed by atoms with Gasteiger partial charge in [0.15, 0.2) is 6.10 Å². The van der Waals surface area contributed by atoms with E-state index in [4.69, 9.17) is 18.9 Å². The number of unbranched alkanes of at least 4 members (excludes halogenated alkanes) is 37. The normalized spacial score (nSPS) is 13.3. The fourth-order valence-electron chi connectivity index (χ4n) is 10.7. The van der Waals surface area contributed by atoms with Gasteiger partial charge in [-0.1, -0.05) is 329 Å². The molecule has 0 saturated carbocycles. The van der Waals surface area contributed by atoms with E-state index in [0.717, 1.165) is 89.9 Å². The molecule has 0 fully saturated rings. The fourth-order valence-corrected chi connectivity index (χ4v) is 10.7. The predicted molar refractivity (Wildman–Crippen MR) is 392 cm³/mol. The van der Waals surface area contributed by atoms with Gasteiger partial charge in [0.2, 0.25) is 0 Å². The fraction of sp³-hybridized carbons (Fsp3) is 0.744. The van der Waals surface area contributed by atoms with Crippen LogP contribution in [0.4, 0.5) is 0 Å². The lowest BCUT2D eigenvalue weighted by Crippen LogP contribution is -2.40. The molecular formula is C82H144NO8+. The topological polar surface area (TPSA) is 108 Å². The Morgan fingerprint density at radius 3 is 0.934 bits per heavy atom. The maximum absolute atomic E-state index is 13.0. The molecule has 1 N–H and O–H groups in total. The number of esters is 2. The molecule has 0 radical (unpaired) electrons. The van der Waals surface area contributed by atoms with Crippen LogP contribution in [0, 0.1) is 0 Å². The highest BCUT2D eigenvalue weighted by molar-refractivity contribution is 5.71. The van der Waals surface area contributed by atoms with Gasteiger partial charge < -0.3 is 28.5 Å². The molecule has 0 aromatic heterocycles. The maximum Gasteiger partial charge on any atom is 0.361 e. The van der Waals surface area contributed by atoms with Crippen LogP contribution in [-0.4, -0.2) is 87.4 Å². The van der Waals surface area contributed by atoms with Crippen LogP contribution in [0.3, 0.4) is 0 Å². The van der Waals surface area contributed by atoms with Gasteiger partial charge in [0.1, 0.15) is 13.2 Å². The Bertz CT molecular complexity index is 1870. The second-order valence-corrected chi connectivity index (χ2v) is 26.6. The number of quaternary nitrogens is 1. The molecule has 524 valence electrons. The summed E-state index contributed by atoms with van der Waals surface area (Å²) in [6, 6.07) is 0.